The third kappa shape index (κ3) is 3.81. The fourth-order valence-corrected chi connectivity index (χ4v) is 2.30. The molecule has 0 aromatic carbocycles. The Labute approximate surface area is 108 Å². The van der Waals surface area contributed by atoms with E-state index in [9.17, 15) is 4.79 Å². The first-order valence-corrected chi connectivity index (χ1v) is 6.69. The van der Waals surface area contributed by atoms with Crippen LogP contribution in [0.15, 0.2) is 18.5 Å². The van der Waals surface area contributed by atoms with Crippen LogP contribution in [-0.2, 0) is 4.79 Å². The minimum Gasteiger partial charge on any atom is -0.326 e. The average molecular weight is 247 g/mol. The van der Waals surface area contributed by atoms with Gasteiger partial charge in [-0.2, -0.15) is 0 Å². The van der Waals surface area contributed by atoms with Gasteiger partial charge in [0.05, 0.1) is 0 Å². The lowest BCUT2D eigenvalue weighted by atomic mass is 10.0. The van der Waals surface area contributed by atoms with Crippen LogP contribution in [0, 0.1) is 6.92 Å². The second-order valence-electron chi connectivity index (χ2n) is 4.92. The highest BCUT2D eigenvalue weighted by Crippen LogP contribution is 2.14. The third-order valence-corrected chi connectivity index (χ3v) is 3.43. The van der Waals surface area contributed by atoms with Crippen molar-refractivity contribution in [1.29, 1.82) is 0 Å². The smallest absolute Gasteiger partial charge is 0.224 e. The van der Waals surface area contributed by atoms with Crippen LogP contribution in [0.2, 0.25) is 0 Å². The van der Waals surface area contributed by atoms with Gasteiger partial charge in [0.1, 0.15) is 0 Å². The predicted octanol–water partition coefficient (Wildman–Crippen LogP) is 2.25. The number of hydrogen-bond donors (Lipinski definition) is 2. The van der Waals surface area contributed by atoms with Crippen LogP contribution in [0.25, 0.3) is 0 Å². The number of anilines is 1. The summed E-state index contributed by atoms with van der Waals surface area (Å²) in [5.41, 5.74) is 1.87. The Balaban J connectivity index is 1.76. The van der Waals surface area contributed by atoms with Crippen LogP contribution in [0.5, 0.6) is 0 Å². The van der Waals surface area contributed by atoms with Crippen molar-refractivity contribution in [3.8, 4) is 0 Å². The lowest BCUT2D eigenvalue weighted by Crippen LogP contribution is -2.34. The molecule has 1 aliphatic rings. The first-order valence-electron chi connectivity index (χ1n) is 6.69. The molecule has 0 radical (unpaired) electrons. The summed E-state index contributed by atoms with van der Waals surface area (Å²) in [6.07, 6.45) is 8.71. The number of carbonyl (C=O) groups is 1. The number of nitrogens with zero attached hydrogens (tertiary/aromatic N) is 1. The summed E-state index contributed by atoms with van der Waals surface area (Å²) in [6, 6.07) is 2.36. The van der Waals surface area contributed by atoms with Crippen LogP contribution in [-0.4, -0.2) is 23.5 Å². The molecule has 1 aromatic rings. The zero-order valence-electron chi connectivity index (χ0n) is 10.9. The number of rotatable bonds is 4. The highest BCUT2D eigenvalue weighted by molar-refractivity contribution is 5.91. The molecule has 98 valence electrons. The van der Waals surface area contributed by atoms with E-state index in [0.717, 1.165) is 24.2 Å². The van der Waals surface area contributed by atoms with E-state index >= 15 is 0 Å². The molecule has 1 amide bonds. The van der Waals surface area contributed by atoms with Gasteiger partial charge >= 0.3 is 0 Å². The van der Waals surface area contributed by atoms with Crippen LogP contribution in [0.3, 0.4) is 0 Å². The summed E-state index contributed by atoms with van der Waals surface area (Å²) in [7, 11) is 0. The van der Waals surface area contributed by atoms with Crippen molar-refractivity contribution >= 4 is 11.6 Å². The molecule has 0 saturated carbocycles. The highest BCUT2D eigenvalue weighted by atomic mass is 16.1. The van der Waals surface area contributed by atoms with Crippen molar-refractivity contribution in [2.75, 3.05) is 11.9 Å². The van der Waals surface area contributed by atoms with Gasteiger partial charge in [0, 0.05) is 30.5 Å². The van der Waals surface area contributed by atoms with E-state index in [1.54, 1.807) is 12.4 Å². The molecule has 0 aliphatic carbocycles. The van der Waals surface area contributed by atoms with Gasteiger partial charge < -0.3 is 10.6 Å². The molecule has 1 aliphatic heterocycles. The SMILES string of the molecule is Cc1cnccc1NC(=O)CCC1CCCCN1. The maximum atomic E-state index is 11.8. The zero-order chi connectivity index (χ0) is 12.8. The Morgan fingerprint density at radius 3 is 3.17 bits per heavy atom. The molecule has 18 heavy (non-hydrogen) atoms. The standard InChI is InChI=1S/C14H21N3O/c1-11-10-15-9-7-13(11)17-14(18)6-5-12-4-2-3-8-16-12/h7,9-10,12,16H,2-6,8H2,1H3,(H,15,17,18). The molecule has 1 saturated heterocycles. The van der Waals surface area contributed by atoms with Gasteiger partial charge in [-0.05, 0) is 44.4 Å². The normalized spacial score (nSPS) is 19.5. The van der Waals surface area contributed by atoms with E-state index in [1.165, 1.54) is 19.3 Å². The predicted molar refractivity (Wildman–Crippen MR) is 72.5 cm³/mol. The molecule has 2 N–H and O–H groups in total. The highest BCUT2D eigenvalue weighted by Gasteiger charge is 2.14. The number of piperidine rings is 1. The van der Waals surface area contributed by atoms with Crippen molar-refractivity contribution < 1.29 is 4.79 Å². The quantitative estimate of drug-likeness (QED) is 0.858. The Morgan fingerprint density at radius 1 is 1.56 bits per heavy atom. The van der Waals surface area contributed by atoms with Gasteiger partial charge in [0.2, 0.25) is 5.91 Å². The van der Waals surface area contributed by atoms with E-state index in [0.29, 0.717) is 12.5 Å². The van der Waals surface area contributed by atoms with Gasteiger partial charge in [0.25, 0.3) is 0 Å². The number of nitrogens with one attached hydrogen (secondary N) is 2. The Morgan fingerprint density at radius 2 is 2.44 bits per heavy atom. The van der Waals surface area contributed by atoms with Crippen molar-refractivity contribution in [2.45, 2.75) is 45.1 Å². The number of pyridine rings is 1. The van der Waals surface area contributed by atoms with Crippen LogP contribution in [0.4, 0.5) is 5.69 Å². The first-order chi connectivity index (χ1) is 8.75. The summed E-state index contributed by atoms with van der Waals surface area (Å²) in [6.45, 7) is 3.04. The number of aryl methyl sites for hydroxylation is 1. The molecular formula is C14H21N3O. The molecule has 4 nitrogen and oxygen atoms in total. The summed E-state index contributed by atoms with van der Waals surface area (Å²) < 4.78 is 0. The van der Waals surface area contributed by atoms with Crippen molar-refractivity contribution in [3.63, 3.8) is 0 Å². The Kier molecular flexibility index (Phi) is 4.70. The number of amides is 1. The fraction of sp³-hybridized carbons (Fsp3) is 0.571. The maximum Gasteiger partial charge on any atom is 0.224 e. The molecule has 1 atom stereocenters. The van der Waals surface area contributed by atoms with Gasteiger partial charge in [-0.1, -0.05) is 6.42 Å². The first kappa shape index (κ1) is 13.0. The van der Waals surface area contributed by atoms with Crippen LogP contribution >= 0.6 is 0 Å². The minimum atomic E-state index is 0.0941. The molecule has 0 spiro atoms. The van der Waals surface area contributed by atoms with E-state index in [4.69, 9.17) is 0 Å². The number of aromatic nitrogens is 1. The second kappa shape index (κ2) is 6.50. The molecule has 4 heteroatoms. The molecule has 0 bridgehead atoms. The van der Waals surface area contributed by atoms with Gasteiger partial charge in [-0.25, -0.2) is 0 Å². The Hall–Kier alpha value is -1.42. The average Bonchev–Trinajstić information content (AvgIpc) is 2.40. The van der Waals surface area contributed by atoms with Crippen molar-refractivity contribution in [3.05, 3.63) is 24.0 Å². The summed E-state index contributed by atoms with van der Waals surface area (Å²) in [4.78, 5) is 15.9. The zero-order valence-corrected chi connectivity index (χ0v) is 10.9. The molecule has 2 rings (SSSR count). The largest absolute Gasteiger partial charge is 0.326 e. The monoisotopic (exact) mass is 247 g/mol. The minimum absolute atomic E-state index is 0.0941. The van der Waals surface area contributed by atoms with Crippen LogP contribution < -0.4 is 10.6 Å². The van der Waals surface area contributed by atoms with Gasteiger partial charge in [-0.15, -0.1) is 0 Å². The molecule has 1 fully saturated rings. The number of carbonyl (C=O) groups excluding carboxylic acids is 1. The van der Waals surface area contributed by atoms with E-state index in [2.05, 4.69) is 15.6 Å². The molecule has 2 heterocycles. The lowest BCUT2D eigenvalue weighted by molar-refractivity contribution is -0.116. The van der Waals surface area contributed by atoms with Gasteiger partial charge in [0.15, 0.2) is 0 Å². The molecular weight excluding hydrogens is 226 g/mol. The summed E-state index contributed by atoms with van der Waals surface area (Å²) >= 11 is 0. The summed E-state index contributed by atoms with van der Waals surface area (Å²) in [5, 5.41) is 6.40. The van der Waals surface area contributed by atoms with E-state index < -0.39 is 0 Å². The fourth-order valence-electron chi connectivity index (χ4n) is 2.30. The lowest BCUT2D eigenvalue weighted by Gasteiger charge is -2.23. The van der Waals surface area contributed by atoms with E-state index in [-0.39, 0.29) is 5.91 Å². The second-order valence-corrected chi connectivity index (χ2v) is 4.92. The topological polar surface area (TPSA) is 54.0 Å². The molecule has 1 unspecified atom stereocenters. The van der Waals surface area contributed by atoms with Crippen molar-refractivity contribution in [2.24, 2.45) is 0 Å². The third-order valence-electron chi connectivity index (χ3n) is 3.43. The van der Waals surface area contributed by atoms with Gasteiger partial charge in [-0.3, -0.25) is 9.78 Å². The summed E-state index contributed by atoms with van der Waals surface area (Å²) in [5.74, 6) is 0.0941. The number of hydrogen-bond acceptors (Lipinski definition) is 3. The van der Waals surface area contributed by atoms with Crippen LogP contribution in [0.1, 0.15) is 37.7 Å². The molecule has 1 aromatic heterocycles. The van der Waals surface area contributed by atoms with E-state index in [1.807, 2.05) is 13.0 Å². The van der Waals surface area contributed by atoms with Crippen molar-refractivity contribution in [1.82, 2.24) is 10.3 Å². The maximum absolute atomic E-state index is 11.8. The Bertz CT molecular complexity index is 400.